The number of ether oxygens (including phenoxy) is 3. The molecule has 1 unspecified atom stereocenters. The van der Waals surface area contributed by atoms with Gasteiger partial charge >= 0.3 is 12.3 Å². The third-order valence-corrected chi connectivity index (χ3v) is 2.52. The van der Waals surface area contributed by atoms with E-state index in [2.05, 4.69) is 9.47 Å². The van der Waals surface area contributed by atoms with Crippen LogP contribution in [0.25, 0.3) is 0 Å². The zero-order valence-corrected chi connectivity index (χ0v) is 10.0. The molecule has 0 radical (unpaired) electrons. The lowest BCUT2D eigenvalue weighted by Crippen LogP contribution is -2.44. The Morgan fingerprint density at radius 1 is 1.50 bits per heavy atom. The van der Waals surface area contributed by atoms with E-state index in [1.54, 1.807) is 4.90 Å². The van der Waals surface area contributed by atoms with Crippen LogP contribution in [-0.4, -0.2) is 63.3 Å². The van der Waals surface area contributed by atoms with Gasteiger partial charge in [0.25, 0.3) is 0 Å². The summed E-state index contributed by atoms with van der Waals surface area (Å²) in [5.41, 5.74) is 0. The number of esters is 1. The molecule has 1 atom stereocenters. The summed E-state index contributed by atoms with van der Waals surface area (Å²) in [7, 11) is 1.28. The second kappa shape index (κ2) is 6.91. The lowest BCUT2D eigenvalue weighted by Gasteiger charge is -2.32. The summed E-state index contributed by atoms with van der Waals surface area (Å²) in [6.07, 6.45) is -4.83. The lowest BCUT2D eigenvalue weighted by atomic mass is 10.2. The predicted octanol–water partition coefficient (Wildman–Crippen LogP) is 0.787. The molecule has 5 nitrogen and oxygen atoms in total. The zero-order chi connectivity index (χ0) is 13.6. The van der Waals surface area contributed by atoms with E-state index in [4.69, 9.17) is 4.74 Å². The number of hydrogen-bond donors (Lipinski definition) is 0. The van der Waals surface area contributed by atoms with Crippen molar-refractivity contribution in [2.75, 3.05) is 40.0 Å². The first-order valence-corrected chi connectivity index (χ1v) is 5.52. The monoisotopic (exact) mass is 271 g/mol. The van der Waals surface area contributed by atoms with Crippen molar-refractivity contribution in [3.8, 4) is 0 Å². The highest BCUT2D eigenvalue weighted by Crippen LogP contribution is 2.16. The normalized spacial score (nSPS) is 21.9. The number of nitrogens with zero attached hydrogens (tertiary/aromatic N) is 1. The molecule has 106 valence electrons. The fraction of sp³-hybridized carbons (Fsp3) is 0.900. The zero-order valence-electron chi connectivity index (χ0n) is 10.0. The molecule has 0 amide bonds. The maximum Gasteiger partial charge on any atom is 0.522 e. The molecule has 1 heterocycles. The van der Waals surface area contributed by atoms with Gasteiger partial charge in [-0.05, 0) is 0 Å². The Bertz CT molecular complexity index is 272. The first kappa shape index (κ1) is 15.2. The van der Waals surface area contributed by atoms with E-state index >= 15 is 0 Å². The van der Waals surface area contributed by atoms with Crippen LogP contribution < -0.4 is 0 Å². The van der Waals surface area contributed by atoms with Gasteiger partial charge in [-0.2, -0.15) is 0 Å². The third kappa shape index (κ3) is 6.18. The van der Waals surface area contributed by atoms with Crippen LogP contribution in [0.5, 0.6) is 0 Å². The molecule has 1 saturated heterocycles. The van der Waals surface area contributed by atoms with E-state index in [9.17, 15) is 18.0 Å². The molecule has 1 aliphatic rings. The minimum absolute atomic E-state index is 0.104. The van der Waals surface area contributed by atoms with Gasteiger partial charge in [-0.15, -0.1) is 13.2 Å². The van der Waals surface area contributed by atoms with Gasteiger partial charge in [0, 0.05) is 19.6 Å². The number of halogens is 3. The first-order valence-electron chi connectivity index (χ1n) is 5.52. The van der Waals surface area contributed by atoms with E-state index in [1.165, 1.54) is 7.11 Å². The predicted molar refractivity (Wildman–Crippen MR) is 54.8 cm³/mol. The molecule has 0 aromatic carbocycles. The minimum Gasteiger partial charge on any atom is -0.469 e. The second-order valence-corrected chi connectivity index (χ2v) is 3.87. The van der Waals surface area contributed by atoms with Gasteiger partial charge in [0.2, 0.25) is 0 Å². The van der Waals surface area contributed by atoms with Crippen molar-refractivity contribution in [2.45, 2.75) is 18.9 Å². The van der Waals surface area contributed by atoms with Crippen LogP contribution in [0.4, 0.5) is 13.2 Å². The summed E-state index contributed by atoms with van der Waals surface area (Å²) < 4.78 is 48.9. The molecule has 18 heavy (non-hydrogen) atoms. The molecular formula is C10H16F3NO4. The van der Waals surface area contributed by atoms with Crippen LogP contribution in [0.3, 0.4) is 0 Å². The van der Waals surface area contributed by atoms with Crippen LogP contribution in [-0.2, 0) is 19.0 Å². The third-order valence-electron chi connectivity index (χ3n) is 2.52. The summed E-state index contributed by atoms with van der Waals surface area (Å²) in [5.74, 6) is -0.395. The molecule has 0 spiro atoms. The molecule has 0 N–H and O–H groups in total. The number of methoxy groups -OCH3 is 1. The quantitative estimate of drug-likeness (QED) is 0.692. The molecule has 8 heteroatoms. The smallest absolute Gasteiger partial charge is 0.469 e. The fourth-order valence-corrected chi connectivity index (χ4v) is 1.67. The Morgan fingerprint density at radius 3 is 2.83 bits per heavy atom. The Labute approximate surface area is 103 Å². The molecular weight excluding hydrogens is 255 g/mol. The highest BCUT2D eigenvalue weighted by Gasteiger charge is 2.29. The van der Waals surface area contributed by atoms with Crippen molar-refractivity contribution in [1.29, 1.82) is 0 Å². The van der Waals surface area contributed by atoms with Crippen molar-refractivity contribution in [3.63, 3.8) is 0 Å². The van der Waals surface area contributed by atoms with Gasteiger partial charge in [-0.1, -0.05) is 0 Å². The van der Waals surface area contributed by atoms with Crippen LogP contribution in [0, 0.1) is 0 Å². The van der Waals surface area contributed by atoms with Crippen molar-refractivity contribution in [2.24, 2.45) is 0 Å². The SMILES string of the molecule is COC(=O)CC1CN(CCOC(F)(F)F)CCO1. The first-order chi connectivity index (χ1) is 8.40. The van der Waals surface area contributed by atoms with E-state index < -0.39 is 18.9 Å². The average molecular weight is 271 g/mol. The topological polar surface area (TPSA) is 48.0 Å². The molecule has 0 aromatic rings. The second-order valence-electron chi connectivity index (χ2n) is 3.87. The summed E-state index contributed by atoms with van der Waals surface area (Å²) in [6, 6.07) is 0. The Kier molecular flexibility index (Phi) is 5.83. The Morgan fingerprint density at radius 2 is 2.22 bits per heavy atom. The number of morpholine rings is 1. The Balaban J connectivity index is 2.24. The van der Waals surface area contributed by atoms with Crippen LogP contribution in [0.1, 0.15) is 6.42 Å². The largest absolute Gasteiger partial charge is 0.522 e. The van der Waals surface area contributed by atoms with E-state index in [1.807, 2.05) is 0 Å². The molecule has 0 saturated carbocycles. The van der Waals surface area contributed by atoms with Crippen molar-refractivity contribution < 1.29 is 32.2 Å². The molecule has 0 aliphatic carbocycles. The summed E-state index contributed by atoms with van der Waals surface area (Å²) >= 11 is 0. The molecule has 0 bridgehead atoms. The maximum atomic E-state index is 11.8. The van der Waals surface area contributed by atoms with Gasteiger partial charge in [0.1, 0.15) is 0 Å². The lowest BCUT2D eigenvalue weighted by molar-refractivity contribution is -0.325. The van der Waals surface area contributed by atoms with Crippen LogP contribution >= 0.6 is 0 Å². The minimum atomic E-state index is -4.60. The molecule has 1 aliphatic heterocycles. The van der Waals surface area contributed by atoms with Crippen LogP contribution in [0.2, 0.25) is 0 Å². The van der Waals surface area contributed by atoms with E-state index in [0.717, 1.165) is 0 Å². The summed E-state index contributed by atoms with van der Waals surface area (Å²) in [5, 5.41) is 0. The fourth-order valence-electron chi connectivity index (χ4n) is 1.67. The van der Waals surface area contributed by atoms with Crippen molar-refractivity contribution in [1.82, 2.24) is 4.90 Å². The number of carbonyl (C=O) groups excluding carboxylic acids is 1. The van der Waals surface area contributed by atoms with E-state index in [-0.39, 0.29) is 19.1 Å². The Hall–Kier alpha value is -0.860. The molecule has 0 aromatic heterocycles. The molecule has 1 rings (SSSR count). The summed E-state index contributed by atoms with van der Waals surface area (Å²) in [6.45, 7) is 1.04. The number of hydrogen-bond acceptors (Lipinski definition) is 5. The highest BCUT2D eigenvalue weighted by atomic mass is 19.4. The highest BCUT2D eigenvalue weighted by molar-refractivity contribution is 5.69. The van der Waals surface area contributed by atoms with Crippen molar-refractivity contribution >= 4 is 5.97 Å². The summed E-state index contributed by atoms with van der Waals surface area (Å²) in [4.78, 5) is 12.8. The number of carbonyl (C=O) groups is 1. The number of alkyl halides is 3. The van der Waals surface area contributed by atoms with Gasteiger partial charge < -0.3 is 9.47 Å². The standard InChI is InChI=1S/C10H16F3NO4/c1-16-9(15)6-8-7-14(2-4-17-8)3-5-18-10(11,12)13/h8H,2-7H2,1H3. The van der Waals surface area contributed by atoms with Gasteiger partial charge in [-0.3, -0.25) is 14.4 Å². The average Bonchev–Trinajstić information content (AvgIpc) is 2.27. The van der Waals surface area contributed by atoms with Gasteiger partial charge in [0.05, 0.1) is 32.8 Å². The van der Waals surface area contributed by atoms with E-state index in [0.29, 0.717) is 19.7 Å². The van der Waals surface area contributed by atoms with Gasteiger partial charge in [0.15, 0.2) is 0 Å². The maximum absolute atomic E-state index is 11.8. The number of rotatable bonds is 5. The van der Waals surface area contributed by atoms with Crippen LogP contribution in [0.15, 0.2) is 0 Å². The molecule has 1 fully saturated rings. The van der Waals surface area contributed by atoms with Crippen molar-refractivity contribution in [3.05, 3.63) is 0 Å². The van der Waals surface area contributed by atoms with Gasteiger partial charge in [-0.25, -0.2) is 0 Å².